The van der Waals surface area contributed by atoms with Gasteiger partial charge in [-0.25, -0.2) is 0 Å². The Labute approximate surface area is 160 Å². The van der Waals surface area contributed by atoms with E-state index < -0.39 is 0 Å². The molecule has 3 heteroatoms. The molecule has 1 unspecified atom stereocenters. The van der Waals surface area contributed by atoms with Crippen molar-refractivity contribution in [3.05, 3.63) is 65.3 Å². The van der Waals surface area contributed by atoms with Crippen LogP contribution in [0.4, 0.5) is 0 Å². The van der Waals surface area contributed by atoms with Gasteiger partial charge in [-0.2, -0.15) is 0 Å². The summed E-state index contributed by atoms with van der Waals surface area (Å²) in [4.78, 5) is 3.55. The molecule has 0 saturated heterocycles. The number of H-pyrrole nitrogens is 1. The first-order chi connectivity index (χ1) is 13.3. The number of rotatable bonds is 6. The van der Waals surface area contributed by atoms with Gasteiger partial charge in [-0.05, 0) is 55.0 Å². The van der Waals surface area contributed by atoms with Crippen molar-refractivity contribution in [3.8, 4) is 0 Å². The normalized spacial score (nSPS) is 21.2. The van der Waals surface area contributed by atoms with Gasteiger partial charge in [-0.1, -0.05) is 50.3 Å². The summed E-state index contributed by atoms with van der Waals surface area (Å²) in [5.41, 5.74) is 3.53. The smallest absolute Gasteiger partial charge is 0.147 e. The molecule has 2 aliphatic rings. The summed E-state index contributed by atoms with van der Waals surface area (Å²) < 4.78 is 6.00. The molecule has 4 rings (SSSR count). The van der Waals surface area contributed by atoms with E-state index >= 15 is 0 Å². The van der Waals surface area contributed by atoms with Gasteiger partial charge in [0.05, 0.1) is 6.10 Å². The highest BCUT2D eigenvalue weighted by Gasteiger charge is 2.21. The summed E-state index contributed by atoms with van der Waals surface area (Å²) in [5.74, 6) is 0. The summed E-state index contributed by atoms with van der Waals surface area (Å²) in [6.45, 7) is 6.05. The molecule has 0 bridgehead atoms. The van der Waals surface area contributed by atoms with Crippen LogP contribution < -0.4 is 15.9 Å². The fourth-order valence-electron chi connectivity index (χ4n) is 3.62. The minimum Gasteiger partial charge on any atom is -0.362 e. The molecule has 2 N–H and O–H groups in total. The van der Waals surface area contributed by atoms with Gasteiger partial charge >= 0.3 is 0 Å². The summed E-state index contributed by atoms with van der Waals surface area (Å²) in [5, 5.41) is 7.04. The number of hydrogen-bond donors (Lipinski definition) is 2. The Morgan fingerprint density at radius 2 is 2.19 bits per heavy atom. The van der Waals surface area contributed by atoms with E-state index in [4.69, 9.17) is 4.74 Å². The molecule has 140 valence electrons. The topological polar surface area (TPSA) is 37.0 Å². The number of allylic oxidation sites excluding steroid dienone is 3. The molecule has 1 aliphatic carbocycles. The molecular formula is C24H28N2O. The fraction of sp³-hybridized carbons (Fsp3) is 0.333. The SMILES string of the molecule is C=C/C=c1/[nH]c2cc(C3=CNC(OC4CCC4)C=C3)ccc2/c1=C/CCC. The third kappa shape index (κ3) is 3.79. The number of ether oxygens (including phenoxy) is 1. The number of nitrogens with one attached hydrogen (secondary N) is 2. The second-order valence-corrected chi connectivity index (χ2v) is 7.34. The molecular weight excluding hydrogens is 332 g/mol. The highest BCUT2D eigenvalue weighted by atomic mass is 16.5. The molecule has 1 saturated carbocycles. The van der Waals surface area contributed by atoms with Crippen LogP contribution in [-0.4, -0.2) is 17.3 Å². The van der Waals surface area contributed by atoms with E-state index in [9.17, 15) is 0 Å². The molecule has 0 amide bonds. The number of aromatic amines is 1. The van der Waals surface area contributed by atoms with Crippen LogP contribution in [0, 0.1) is 0 Å². The first-order valence-corrected chi connectivity index (χ1v) is 10.0. The van der Waals surface area contributed by atoms with Crippen molar-refractivity contribution >= 4 is 28.6 Å². The van der Waals surface area contributed by atoms with Crippen LogP contribution in [0.15, 0.2) is 49.2 Å². The van der Waals surface area contributed by atoms with E-state index in [0.29, 0.717) is 6.10 Å². The highest BCUT2D eigenvalue weighted by Crippen LogP contribution is 2.25. The van der Waals surface area contributed by atoms with Gasteiger partial charge in [0, 0.05) is 27.7 Å². The van der Waals surface area contributed by atoms with Gasteiger partial charge < -0.3 is 15.0 Å². The Kier molecular flexibility index (Phi) is 5.30. The number of dihydropyridines is 1. The molecule has 1 aromatic carbocycles. The standard InChI is InChI=1S/C24H28N2O/c1-3-5-10-20-21-13-11-17(15-23(21)26-22(20)7-4-2)18-12-14-24(25-16-18)27-19-8-6-9-19/h4,7,10-16,19,24-26H,2-3,5-6,8-9H2,1H3/b20-10-,22-7+. The quantitative estimate of drug-likeness (QED) is 0.813. The van der Waals surface area contributed by atoms with Crippen LogP contribution in [0.25, 0.3) is 28.6 Å². The number of unbranched alkanes of at least 4 members (excludes halogenated alkanes) is 1. The fourth-order valence-corrected chi connectivity index (χ4v) is 3.62. The maximum absolute atomic E-state index is 6.00. The molecule has 1 aromatic heterocycles. The molecule has 0 radical (unpaired) electrons. The molecule has 1 aliphatic heterocycles. The maximum atomic E-state index is 6.00. The number of hydrogen-bond acceptors (Lipinski definition) is 2. The predicted octanol–water partition coefficient (Wildman–Crippen LogP) is 4.11. The Balaban J connectivity index is 1.61. The van der Waals surface area contributed by atoms with Crippen LogP contribution >= 0.6 is 0 Å². The van der Waals surface area contributed by atoms with Gasteiger partial charge in [0.1, 0.15) is 6.23 Å². The third-order valence-corrected chi connectivity index (χ3v) is 5.37. The van der Waals surface area contributed by atoms with Crippen molar-refractivity contribution in [2.75, 3.05) is 0 Å². The van der Waals surface area contributed by atoms with E-state index in [2.05, 4.69) is 66.4 Å². The van der Waals surface area contributed by atoms with E-state index in [0.717, 1.165) is 23.7 Å². The molecule has 2 aromatic rings. The second kappa shape index (κ2) is 8.01. The van der Waals surface area contributed by atoms with Crippen LogP contribution in [0.1, 0.15) is 44.6 Å². The van der Waals surface area contributed by atoms with Crippen LogP contribution in [0.2, 0.25) is 0 Å². The Morgan fingerprint density at radius 1 is 1.30 bits per heavy atom. The average Bonchev–Trinajstić information content (AvgIpc) is 3.00. The van der Waals surface area contributed by atoms with Crippen molar-refractivity contribution in [1.29, 1.82) is 0 Å². The summed E-state index contributed by atoms with van der Waals surface area (Å²) in [7, 11) is 0. The number of benzene rings is 1. The predicted molar refractivity (Wildman–Crippen MR) is 114 cm³/mol. The number of fused-ring (bicyclic) bond motifs is 1. The van der Waals surface area contributed by atoms with Crippen molar-refractivity contribution in [1.82, 2.24) is 10.3 Å². The van der Waals surface area contributed by atoms with Crippen molar-refractivity contribution in [2.45, 2.75) is 51.4 Å². The third-order valence-electron chi connectivity index (χ3n) is 5.37. The maximum Gasteiger partial charge on any atom is 0.147 e. The molecule has 0 spiro atoms. The summed E-state index contributed by atoms with van der Waals surface area (Å²) in [6.07, 6.45) is 18.9. The van der Waals surface area contributed by atoms with Gasteiger partial charge in [-0.15, -0.1) is 0 Å². The minimum absolute atomic E-state index is 0.00249. The van der Waals surface area contributed by atoms with E-state index in [-0.39, 0.29) is 6.23 Å². The molecule has 1 atom stereocenters. The summed E-state index contributed by atoms with van der Waals surface area (Å²) in [6, 6.07) is 6.64. The molecule has 2 heterocycles. The van der Waals surface area contributed by atoms with Gasteiger partial charge in [0.25, 0.3) is 0 Å². The second-order valence-electron chi connectivity index (χ2n) is 7.34. The zero-order valence-electron chi connectivity index (χ0n) is 16.0. The molecule has 3 nitrogen and oxygen atoms in total. The first kappa shape index (κ1) is 17.9. The lowest BCUT2D eigenvalue weighted by Crippen LogP contribution is -2.35. The van der Waals surface area contributed by atoms with Crippen molar-refractivity contribution in [3.63, 3.8) is 0 Å². The lowest BCUT2D eigenvalue weighted by atomic mass is 9.96. The van der Waals surface area contributed by atoms with Crippen LogP contribution in [-0.2, 0) is 4.74 Å². The largest absolute Gasteiger partial charge is 0.362 e. The number of aromatic nitrogens is 1. The lowest BCUT2D eigenvalue weighted by molar-refractivity contribution is -0.0387. The highest BCUT2D eigenvalue weighted by molar-refractivity contribution is 5.87. The van der Waals surface area contributed by atoms with Gasteiger partial charge in [-0.3, -0.25) is 0 Å². The zero-order chi connectivity index (χ0) is 18.6. The van der Waals surface area contributed by atoms with Crippen LogP contribution in [0.3, 0.4) is 0 Å². The Bertz CT molecular complexity index is 1000. The van der Waals surface area contributed by atoms with Gasteiger partial charge in [0.15, 0.2) is 0 Å². The monoisotopic (exact) mass is 360 g/mol. The van der Waals surface area contributed by atoms with E-state index in [1.54, 1.807) is 0 Å². The molecule has 1 fully saturated rings. The van der Waals surface area contributed by atoms with Crippen molar-refractivity contribution in [2.24, 2.45) is 0 Å². The average molecular weight is 361 g/mol. The van der Waals surface area contributed by atoms with E-state index in [1.807, 2.05) is 12.2 Å². The van der Waals surface area contributed by atoms with E-state index in [1.165, 1.54) is 41.0 Å². The summed E-state index contributed by atoms with van der Waals surface area (Å²) >= 11 is 0. The van der Waals surface area contributed by atoms with Crippen molar-refractivity contribution < 1.29 is 4.74 Å². The molecule has 27 heavy (non-hydrogen) atoms. The van der Waals surface area contributed by atoms with Gasteiger partial charge in [0.2, 0.25) is 0 Å². The lowest BCUT2D eigenvalue weighted by Gasteiger charge is -2.30. The Hall–Kier alpha value is -2.52. The van der Waals surface area contributed by atoms with Crippen LogP contribution in [0.5, 0.6) is 0 Å². The zero-order valence-corrected chi connectivity index (χ0v) is 16.0. The minimum atomic E-state index is -0.00249. The first-order valence-electron chi connectivity index (χ1n) is 10.0. The Morgan fingerprint density at radius 3 is 2.85 bits per heavy atom.